The van der Waals surface area contributed by atoms with E-state index >= 15 is 0 Å². The number of aryl methyl sites for hydroxylation is 3. The van der Waals surface area contributed by atoms with Crippen molar-refractivity contribution in [3.05, 3.63) is 58.1 Å². The molecule has 0 aliphatic heterocycles. The van der Waals surface area contributed by atoms with Crippen LogP contribution in [-0.4, -0.2) is 20.8 Å². The van der Waals surface area contributed by atoms with Crippen LogP contribution >= 0.6 is 11.6 Å². The predicted molar refractivity (Wildman–Crippen MR) is 97.6 cm³/mol. The third kappa shape index (κ3) is 3.72. The molecule has 0 radical (unpaired) electrons. The average molecular weight is 375 g/mol. The van der Waals surface area contributed by atoms with Gasteiger partial charge in [-0.05, 0) is 32.9 Å². The zero-order chi connectivity index (χ0) is 18.7. The second kappa shape index (κ2) is 7.61. The molecule has 1 N–H and O–H groups in total. The number of para-hydroxylation sites is 1. The van der Waals surface area contributed by atoms with Gasteiger partial charge in [0.1, 0.15) is 18.1 Å². The Bertz CT molecular complexity index is 932. The summed E-state index contributed by atoms with van der Waals surface area (Å²) in [4.78, 5) is 12.6. The van der Waals surface area contributed by atoms with E-state index in [1.165, 1.54) is 0 Å². The van der Waals surface area contributed by atoms with Crippen molar-refractivity contribution < 1.29 is 14.1 Å². The first-order valence-corrected chi connectivity index (χ1v) is 8.55. The van der Waals surface area contributed by atoms with Crippen LogP contribution in [0.5, 0.6) is 5.75 Å². The highest BCUT2D eigenvalue weighted by atomic mass is 35.5. The Labute approximate surface area is 155 Å². The maximum absolute atomic E-state index is 12.6. The smallest absolute Gasteiger partial charge is 0.279 e. The largest absolute Gasteiger partial charge is 0.487 e. The predicted octanol–water partition coefficient (Wildman–Crippen LogP) is 3.99. The number of rotatable bonds is 6. The lowest BCUT2D eigenvalue weighted by atomic mass is 10.2. The number of nitrogens with zero attached hydrogens (tertiary/aromatic N) is 3. The van der Waals surface area contributed by atoms with Crippen LogP contribution in [0, 0.1) is 13.8 Å². The molecule has 1 amide bonds. The quantitative estimate of drug-likeness (QED) is 0.705. The number of amides is 1. The molecule has 0 aliphatic rings. The van der Waals surface area contributed by atoms with Gasteiger partial charge < -0.3 is 14.6 Å². The Morgan fingerprint density at radius 1 is 1.35 bits per heavy atom. The summed E-state index contributed by atoms with van der Waals surface area (Å²) in [5.74, 6) is 1.10. The van der Waals surface area contributed by atoms with Gasteiger partial charge in [0.15, 0.2) is 11.5 Å². The molecule has 0 saturated carbocycles. The van der Waals surface area contributed by atoms with Crippen LogP contribution in [0.2, 0.25) is 5.02 Å². The van der Waals surface area contributed by atoms with E-state index < -0.39 is 5.91 Å². The standard InChI is InChI=1S/C18H19ClN4O3/c1-4-23-11(2)9-16(21-23)20-18(24)17-13(12(3)26-22-17)10-25-15-8-6-5-7-14(15)19/h5-9H,4,10H2,1-3H3,(H,20,21,24). The second-order valence-electron chi connectivity index (χ2n) is 5.73. The summed E-state index contributed by atoms with van der Waals surface area (Å²) in [6, 6.07) is 8.93. The molecule has 0 bridgehead atoms. The Balaban J connectivity index is 1.76. The molecular weight excluding hydrogens is 356 g/mol. The van der Waals surface area contributed by atoms with E-state index in [9.17, 15) is 4.79 Å². The highest BCUT2D eigenvalue weighted by Crippen LogP contribution is 2.25. The Kier molecular flexibility index (Phi) is 5.27. The number of hydrogen-bond donors (Lipinski definition) is 1. The number of aromatic nitrogens is 3. The molecule has 0 unspecified atom stereocenters. The van der Waals surface area contributed by atoms with Gasteiger partial charge in [0.05, 0.1) is 10.6 Å². The first-order chi connectivity index (χ1) is 12.5. The van der Waals surface area contributed by atoms with E-state index in [4.69, 9.17) is 20.9 Å². The van der Waals surface area contributed by atoms with E-state index in [1.807, 2.05) is 26.0 Å². The normalized spacial score (nSPS) is 10.8. The Morgan fingerprint density at radius 3 is 2.81 bits per heavy atom. The molecule has 1 aromatic carbocycles. The third-order valence-corrected chi connectivity index (χ3v) is 4.24. The maximum Gasteiger partial charge on any atom is 0.279 e. The minimum atomic E-state index is -0.402. The van der Waals surface area contributed by atoms with Crippen molar-refractivity contribution in [1.29, 1.82) is 0 Å². The maximum atomic E-state index is 12.6. The van der Waals surface area contributed by atoms with Gasteiger partial charge >= 0.3 is 0 Å². The van der Waals surface area contributed by atoms with Crippen LogP contribution in [0.4, 0.5) is 5.82 Å². The van der Waals surface area contributed by atoms with Crippen LogP contribution in [0.25, 0.3) is 0 Å². The summed E-state index contributed by atoms with van der Waals surface area (Å²) in [6.07, 6.45) is 0. The molecule has 26 heavy (non-hydrogen) atoms. The first kappa shape index (κ1) is 18.0. The zero-order valence-corrected chi connectivity index (χ0v) is 15.5. The second-order valence-corrected chi connectivity index (χ2v) is 6.13. The van der Waals surface area contributed by atoms with E-state index in [0.29, 0.717) is 27.9 Å². The molecule has 7 nitrogen and oxygen atoms in total. The molecule has 0 spiro atoms. The van der Waals surface area contributed by atoms with Gasteiger partial charge in [-0.1, -0.05) is 28.9 Å². The van der Waals surface area contributed by atoms with Crippen molar-refractivity contribution in [1.82, 2.24) is 14.9 Å². The van der Waals surface area contributed by atoms with Gasteiger partial charge in [-0.3, -0.25) is 9.48 Å². The summed E-state index contributed by atoms with van der Waals surface area (Å²) in [7, 11) is 0. The van der Waals surface area contributed by atoms with Crippen LogP contribution in [0.3, 0.4) is 0 Å². The number of anilines is 1. The molecule has 0 fully saturated rings. The summed E-state index contributed by atoms with van der Waals surface area (Å²) >= 11 is 6.09. The number of ether oxygens (including phenoxy) is 1. The lowest BCUT2D eigenvalue weighted by Gasteiger charge is -2.08. The summed E-state index contributed by atoms with van der Waals surface area (Å²) < 4.78 is 12.7. The van der Waals surface area contributed by atoms with E-state index in [0.717, 1.165) is 12.2 Å². The molecule has 3 aromatic rings. The first-order valence-electron chi connectivity index (χ1n) is 8.18. The van der Waals surface area contributed by atoms with Crippen molar-refractivity contribution in [2.24, 2.45) is 0 Å². The summed E-state index contributed by atoms with van der Waals surface area (Å²) in [5, 5.41) is 11.4. The van der Waals surface area contributed by atoms with Gasteiger partial charge in [0.25, 0.3) is 5.91 Å². The lowest BCUT2D eigenvalue weighted by molar-refractivity contribution is 0.101. The number of halogens is 1. The molecular formula is C18H19ClN4O3. The Hall–Kier alpha value is -2.80. The van der Waals surface area contributed by atoms with E-state index in [2.05, 4.69) is 15.6 Å². The van der Waals surface area contributed by atoms with Crippen molar-refractivity contribution in [3.8, 4) is 5.75 Å². The molecule has 2 heterocycles. The highest BCUT2D eigenvalue weighted by Gasteiger charge is 2.21. The van der Waals surface area contributed by atoms with Crippen molar-refractivity contribution in [2.75, 3.05) is 5.32 Å². The third-order valence-electron chi connectivity index (χ3n) is 3.93. The summed E-state index contributed by atoms with van der Waals surface area (Å²) in [6.45, 7) is 6.48. The molecule has 3 rings (SSSR count). The zero-order valence-electron chi connectivity index (χ0n) is 14.7. The molecule has 136 valence electrons. The topological polar surface area (TPSA) is 82.2 Å². The average Bonchev–Trinajstić information content (AvgIpc) is 3.16. The minimum absolute atomic E-state index is 0.115. The minimum Gasteiger partial charge on any atom is -0.487 e. The van der Waals surface area contributed by atoms with Crippen LogP contribution in [0.15, 0.2) is 34.9 Å². The monoisotopic (exact) mass is 374 g/mol. The number of carbonyl (C=O) groups excluding carboxylic acids is 1. The van der Waals surface area contributed by atoms with Crippen molar-refractivity contribution >= 4 is 23.3 Å². The van der Waals surface area contributed by atoms with E-state index in [1.54, 1.807) is 29.8 Å². The SMILES string of the molecule is CCn1nc(NC(=O)c2noc(C)c2COc2ccccc2Cl)cc1C. The fourth-order valence-electron chi connectivity index (χ4n) is 2.52. The van der Waals surface area contributed by atoms with Gasteiger partial charge in [0.2, 0.25) is 0 Å². The highest BCUT2D eigenvalue weighted by molar-refractivity contribution is 6.32. The van der Waals surface area contributed by atoms with Crippen LogP contribution in [0.1, 0.15) is 34.4 Å². The molecule has 8 heteroatoms. The number of benzene rings is 1. The molecule has 2 aromatic heterocycles. The van der Waals surface area contributed by atoms with Crippen molar-refractivity contribution in [2.45, 2.75) is 33.9 Å². The van der Waals surface area contributed by atoms with Gasteiger partial charge in [-0.25, -0.2) is 0 Å². The molecule has 0 saturated heterocycles. The van der Waals surface area contributed by atoms with Gasteiger partial charge in [-0.2, -0.15) is 5.10 Å². The van der Waals surface area contributed by atoms with Crippen LogP contribution < -0.4 is 10.1 Å². The fourth-order valence-corrected chi connectivity index (χ4v) is 2.71. The fraction of sp³-hybridized carbons (Fsp3) is 0.278. The lowest BCUT2D eigenvalue weighted by Crippen LogP contribution is -2.16. The van der Waals surface area contributed by atoms with Gasteiger partial charge in [0, 0.05) is 18.3 Å². The van der Waals surface area contributed by atoms with Crippen molar-refractivity contribution in [3.63, 3.8) is 0 Å². The molecule has 0 atom stereocenters. The van der Waals surface area contributed by atoms with Gasteiger partial charge in [-0.15, -0.1) is 0 Å². The van der Waals surface area contributed by atoms with Crippen LogP contribution in [-0.2, 0) is 13.2 Å². The number of carbonyl (C=O) groups is 1. The molecule has 0 aliphatic carbocycles. The Morgan fingerprint density at radius 2 is 2.12 bits per heavy atom. The van der Waals surface area contributed by atoms with E-state index in [-0.39, 0.29) is 12.3 Å². The number of nitrogens with one attached hydrogen (secondary N) is 1. The summed E-state index contributed by atoms with van der Waals surface area (Å²) in [5.41, 5.74) is 1.69. The number of hydrogen-bond acceptors (Lipinski definition) is 5.